The number of benzene rings is 1. The summed E-state index contributed by atoms with van der Waals surface area (Å²) >= 11 is 0. The Bertz CT molecular complexity index is 356. The number of aromatic hydroxyl groups is 1. The first-order chi connectivity index (χ1) is 6.53. The summed E-state index contributed by atoms with van der Waals surface area (Å²) in [5.74, 6) is -0.0481. The number of hydrogen-bond acceptors (Lipinski definition) is 2. The predicted octanol–water partition coefficient (Wildman–Crippen LogP) is 2.40. The topological polar surface area (TPSA) is 40.5 Å². The molecule has 1 aromatic carbocycles. The van der Waals surface area contributed by atoms with Crippen LogP contribution in [0, 0.1) is 0 Å². The Kier molecular flexibility index (Phi) is 2.00. The first-order valence-electron chi connectivity index (χ1n) is 4.73. The van der Waals surface area contributed by atoms with Crippen molar-refractivity contribution in [1.29, 1.82) is 0 Å². The predicted molar refractivity (Wildman–Crippen MR) is 50.8 cm³/mol. The van der Waals surface area contributed by atoms with E-state index in [1.54, 1.807) is 12.1 Å². The number of aliphatic hydroxyl groups is 1. The molecule has 0 saturated heterocycles. The third-order valence-corrected chi connectivity index (χ3v) is 2.72. The van der Waals surface area contributed by atoms with Crippen LogP contribution in [0.2, 0.25) is 0 Å². The van der Waals surface area contributed by atoms with E-state index in [2.05, 4.69) is 0 Å². The number of alkyl halides is 1. The molecule has 0 bridgehead atoms. The molecule has 1 aromatic rings. The quantitative estimate of drug-likeness (QED) is 0.762. The van der Waals surface area contributed by atoms with Gasteiger partial charge in [0.25, 0.3) is 0 Å². The number of phenolic OH excluding ortho intramolecular Hbond substituents is 1. The highest BCUT2D eigenvalue weighted by Gasteiger charge is 2.42. The second-order valence-electron chi connectivity index (χ2n) is 3.92. The molecule has 0 amide bonds. The summed E-state index contributed by atoms with van der Waals surface area (Å²) in [6.45, 7) is 1.37. The Morgan fingerprint density at radius 2 is 2.07 bits per heavy atom. The van der Waals surface area contributed by atoms with E-state index in [0.29, 0.717) is 5.56 Å². The normalized spacial score (nSPS) is 20.5. The largest absolute Gasteiger partial charge is 0.508 e. The van der Waals surface area contributed by atoms with Crippen molar-refractivity contribution in [1.82, 2.24) is 0 Å². The molecule has 2 N–H and O–H groups in total. The van der Waals surface area contributed by atoms with Gasteiger partial charge in [0.1, 0.15) is 11.9 Å². The van der Waals surface area contributed by atoms with E-state index >= 15 is 0 Å². The Morgan fingerprint density at radius 1 is 1.43 bits per heavy atom. The van der Waals surface area contributed by atoms with Crippen LogP contribution in [0.25, 0.3) is 0 Å². The molecule has 2 nitrogen and oxygen atoms in total. The summed E-state index contributed by atoms with van der Waals surface area (Å²) < 4.78 is 13.0. The molecule has 1 unspecified atom stereocenters. The second kappa shape index (κ2) is 2.95. The fourth-order valence-corrected chi connectivity index (χ4v) is 1.57. The molecular formula is C11H13FO2. The molecule has 0 aromatic heterocycles. The SMILES string of the molecule is CC(F)c1cc(C2(O)CC2)ccc1O. The standard InChI is InChI=1S/C11H13FO2/c1-7(12)9-6-8(2-3-10(9)13)11(14)4-5-11/h2-3,6-7,13-14H,4-5H2,1H3. The summed E-state index contributed by atoms with van der Waals surface area (Å²) in [6, 6.07) is 4.64. The first kappa shape index (κ1) is 9.46. The van der Waals surface area contributed by atoms with Gasteiger partial charge in [0, 0.05) is 5.56 Å². The van der Waals surface area contributed by atoms with E-state index in [4.69, 9.17) is 0 Å². The number of rotatable bonds is 2. The maximum absolute atomic E-state index is 13.0. The minimum absolute atomic E-state index is 0.0481. The molecule has 0 aliphatic heterocycles. The average Bonchev–Trinajstić information content (AvgIpc) is 2.85. The van der Waals surface area contributed by atoms with E-state index in [-0.39, 0.29) is 11.3 Å². The fraction of sp³-hybridized carbons (Fsp3) is 0.455. The van der Waals surface area contributed by atoms with Crippen LogP contribution in [-0.4, -0.2) is 10.2 Å². The lowest BCUT2D eigenvalue weighted by atomic mass is 10.0. The third-order valence-electron chi connectivity index (χ3n) is 2.72. The van der Waals surface area contributed by atoms with Gasteiger partial charge in [0.05, 0.1) is 5.60 Å². The summed E-state index contributed by atoms with van der Waals surface area (Å²) in [4.78, 5) is 0. The van der Waals surface area contributed by atoms with Gasteiger partial charge in [-0.05, 0) is 37.5 Å². The molecule has 1 aliphatic carbocycles. The highest BCUT2D eigenvalue weighted by atomic mass is 19.1. The zero-order valence-corrected chi connectivity index (χ0v) is 8.00. The summed E-state index contributed by atoms with van der Waals surface area (Å²) in [5, 5.41) is 19.2. The molecule has 0 radical (unpaired) electrons. The molecule has 3 heteroatoms. The lowest BCUT2D eigenvalue weighted by Crippen LogP contribution is -2.04. The van der Waals surface area contributed by atoms with Gasteiger partial charge in [-0.25, -0.2) is 4.39 Å². The zero-order chi connectivity index (χ0) is 10.3. The Labute approximate surface area is 82.0 Å². The second-order valence-corrected chi connectivity index (χ2v) is 3.92. The zero-order valence-electron chi connectivity index (χ0n) is 8.00. The molecule has 2 rings (SSSR count). The lowest BCUT2D eigenvalue weighted by Gasteiger charge is -2.12. The monoisotopic (exact) mass is 196 g/mol. The molecular weight excluding hydrogens is 183 g/mol. The molecule has 0 heterocycles. The van der Waals surface area contributed by atoms with Crippen molar-refractivity contribution < 1.29 is 14.6 Å². The van der Waals surface area contributed by atoms with Crippen molar-refractivity contribution in [2.75, 3.05) is 0 Å². The van der Waals surface area contributed by atoms with Crippen molar-refractivity contribution in [2.24, 2.45) is 0 Å². The summed E-state index contributed by atoms with van der Waals surface area (Å²) in [7, 11) is 0. The van der Waals surface area contributed by atoms with Crippen LogP contribution in [0.4, 0.5) is 4.39 Å². The van der Waals surface area contributed by atoms with Crippen LogP contribution < -0.4 is 0 Å². The van der Waals surface area contributed by atoms with Crippen LogP contribution in [0.3, 0.4) is 0 Å². The van der Waals surface area contributed by atoms with E-state index < -0.39 is 11.8 Å². The van der Waals surface area contributed by atoms with Crippen molar-refractivity contribution in [2.45, 2.75) is 31.5 Å². The van der Waals surface area contributed by atoms with Gasteiger partial charge in [0.15, 0.2) is 0 Å². The van der Waals surface area contributed by atoms with Crippen molar-refractivity contribution >= 4 is 0 Å². The van der Waals surface area contributed by atoms with Crippen molar-refractivity contribution in [3.63, 3.8) is 0 Å². The minimum atomic E-state index is -1.21. The van der Waals surface area contributed by atoms with E-state index in [0.717, 1.165) is 12.8 Å². The van der Waals surface area contributed by atoms with Gasteiger partial charge in [-0.2, -0.15) is 0 Å². The summed E-state index contributed by atoms with van der Waals surface area (Å²) in [5.41, 5.74) is 0.190. The maximum atomic E-state index is 13.0. The maximum Gasteiger partial charge on any atom is 0.126 e. The van der Waals surface area contributed by atoms with Gasteiger partial charge in [-0.1, -0.05) is 6.07 Å². The molecule has 1 saturated carbocycles. The third kappa shape index (κ3) is 1.48. The summed E-state index contributed by atoms with van der Waals surface area (Å²) in [6.07, 6.45) is 0.229. The molecule has 1 aliphatic rings. The van der Waals surface area contributed by atoms with E-state index in [9.17, 15) is 14.6 Å². The van der Waals surface area contributed by atoms with Crippen LogP contribution in [-0.2, 0) is 5.60 Å². The Morgan fingerprint density at radius 3 is 2.57 bits per heavy atom. The van der Waals surface area contributed by atoms with E-state index in [1.165, 1.54) is 13.0 Å². The van der Waals surface area contributed by atoms with Gasteiger partial charge < -0.3 is 10.2 Å². The van der Waals surface area contributed by atoms with Crippen LogP contribution in [0.5, 0.6) is 5.75 Å². The van der Waals surface area contributed by atoms with Crippen molar-refractivity contribution in [3.8, 4) is 5.75 Å². The highest BCUT2D eigenvalue weighted by Crippen LogP contribution is 2.46. The van der Waals surface area contributed by atoms with Crippen molar-refractivity contribution in [3.05, 3.63) is 29.3 Å². The molecule has 76 valence electrons. The van der Waals surface area contributed by atoms with Crippen LogP contribution in [0.1, 0.15) is 37.1 Å². The molecule has 1 atom stereocenters. The fourth-order valence-electron chi connectivity index (χ4n) is 1.57. The van der Waals surface area contributed by atoms with Crippen LogP contribution >= 0.6 is 0 Å². The Balaban J connectivity index is 2.41. The van der Waals surface area contributed by atoms with Crippen LogP contribution in [0.15, 0.2) is 18.2 Å². The minimum Gasteiger partial charge on any atom is -0.508 e. The average molecular weight is 196 g/mol. The van der Waals surface area contributed by atoms with Gasteiger partial charge in [-0.15, -0.1) is 0 Å². The van der Waals surface area contributed by atoms with E-state index in [1.807, 2.05) is 0 Å². The number of phenols is 1. The number of halogens is 1. The highest BCUT2D eigenvalue weighted by molar-refractivity contribution is 5.41. The molecule has 14 heavy (non-hydrogen) atoms. The first-order valence-corrected chi connectivity index (χ1v) is 4.73. The number of hydrogen-bond donors (Lipinski definition) is 2. The lowest BCUT2D eigenvalue weighted by molar-refractivity contribution is 0.151. The van der Waals surface area contributed by atoms with Gasteiger partial charge >= 0.3 is 0 Å². The smallest absolute Gasteiger partial charge is 0.126 e. The molecule has 1 fully saturated rings. The van der Waals surface area contributed by atoms with Gasteiger partial charge in [-0.3, -0.25) is 0 Å². The molecule has 0 spiro atoms. The van der Waals surface area contributed by atoms with Gasteiger partial charge in [0.2, 0.25) is 0 Å². The Hall–Kier alpha value is -1.09.